The fourth-order valence-corrected chi connectivity index (χ4v) is 5.92. The van der Waals surface area contributed by atoms with Gasteiger partial charge < -0.3 is 4.90 Å². The molecule has 1 aliphatic rings. The lowest BCUT2D eigenvalue weighted by molar-refractivity contribution is 0.0703. The first-order chi connectivity index (χ1) is 14.0. The van der Waals surface area contributed by atoms with Crippen molar-refractivity contribution >= 4 is 43.2 Å². The molecule has 8 heteroatoms. The Kier molecular flexibility index (Phi) is 5.87. The van der Waals surface area contributed by atoms with Crippen molar-refractivity contribution < 1.29 is 13.2 Å². The van der Waals surface area contributed by atoms with Crippen LogP contribution in [0.3, 0.4) is 0 Å². The molecule has 0 saturated carbocycles. The minimum Gasteiger partial charge on any atom is -0.335 e. The lowest BCUT2D eigenvalue weighted by Crippen LogP contribution is -2.50. The topological polar surface area (TPSA) is 57.7 Å². The number of piperazine rings is 1. The molecule has 1 aliphatic heterocycles. The van der Waals surface area contributed by atoms with Gasteiger partial charge in [0.1, 0.15) is 0 Å². The zero-order chi connectivity index (χ0) is 20.4. The third-order valence-corrected chi connectivity index (χ3v) is 8.27. The highest BCUT2D eigenvalue weighted by Crippen LogP contribution is 2.30. The average Bonchev–Trinajstić information content (AvgIpc) is 3.24. The summed E-state index contributed by atoms with van der Waals surface area (Å²) in [6.07, 6.45) is 0. The first-order valence-corrected chi connectivity index (χ1v) is 12.3. The summed E-state index contributed by atoms with van der Waals surface area (Å²) in [5.74, 6) is -0.0421. The Balaban J connectivity index is 1.47. The zero-order valence-electron chi connectivity index (χ0n) is 15.5. The van der Waals surface area contributed by atoms with E-state index in [1.165, 1.54) is 15.6 Å². The third kappa shape index (κ3) is 4.16. The number of carbonyl (C=O) groups is 1. The maximum absolute atomic E-state index is 13.1. The highest BCUT2D eigenvalue weighted by Gasteiger charge is 2.31. The quantitative estimate of drug-likeness (QED) is 0.546. The van der Waals surface area contributed by atoms with Crippen LogP contribution in [0.15, 0.2) is 75.4 Å². The van der Waals surface area contributed by atoms with Gasteiger partial charge in [-0.2, -0.15) is 4.31 Å². The van der Waals surface area contributed by atoms with Crippen LogP contribution >= 0.6 is 27.3 Å². The van der Waals surface area contributed by atoms with Crippen LogP contribution < -0.4 is 0 Å². The van der Waals surface area contributed by atoms with Gasteiger partial charge in [-0.25, -0.2) is 8.42 Å². The van der Waals surface area contributed by atoms with E-state index in [4.69, 9.17) is 0 Å². The summed E-state index contributed by atoms with van der Waals surface area (Å²) in [6, 6.07) is 18.4. The SMILES string of the molecule is O=C(c1sccc1-c1ccccc1)N1CCN(S(=O)(=O)c2ccc(Br)cc2)CC1. The summed E-state index contributed by atoms with van der Waals surface area (Å²) in [4.78, 5) is 15.8. The van der Waals surface area contributed by atoms with E-state index >= 15 is 0 Å². The number of benzene rings is 2. The van der Waals surface area contributed by atoms with E-state index in [0.29, 0.717) is 18.0 Å². The van der Waals surface area contributed by atoms with E-state index in [9.17, 15) is 13.2 Å². The van der Waals surface area contributed by atoms with Crippen LogP contribution in [-0.4, -0.2) is 49.7 Å². The number of thiophene rings is 1. The fourth-order valence-electron chi connectivity index (χ4n) is 3.35. The van der Waals surface area contributed by atoms with Crippen molar-refractivity contribution in [3.8, 4) is 11.1 Å². The standard InChI is InChI=1S/C21H19BrN2O3S2/c22-17-6-8-18(9-7-17)29(26,27)24-13-11-23(12-14-24)21(25)20-19(10-15-28-20)16-4-2-1-3-5-16/h1-10,15H,11-14H2. The normalized spacial score (nSPS) is 15.4. The van der Waals surface area contributed by atoms with Gasteiger partial charge in [0.25, 0.3) is 5.91 Å². The van der Waals surface area contributed by atoms with Crippen molar-refractivity contribution in [3.63, 3.8) is 0 Å². The molecule has 2 heterocycles. The molecule has 0 unspecified atom stereocenters. The molecule has 0 N–H and O–H groups in total. The summed E-state index contributed by atoms with van der Waals surface area (Å²) in [7, 11) is -3.56. The second kappa shape index (κ2) is 8.39. The number of carbonyl (C=O) groups excluding carboxylic acids is 1. The number of hydrogen-bond acceptors (Lipinski definition) is 4. The molecular weight excluding hydrogens is 472 g/mol. The molecule has 3 aromatic rings. The van der Waals surface area contributed by atoms with Crippen LogP contribution in [0.5, 0.6) is 0 Å². The Labute approximate surface area is 182 Å². The van der Waals surface area contributed by atoms with Crippen LogP contribution in [-0.2, 0) is 10.0 Å². The summed E-state index contributed by atoms with van der Waals surface area (Å²) in [6.45, 7) is 1.33. The Morgan fingerprint density at radius 1 is 0.897 bits per heavy atom. The fraction of sp³-hybridized carbons (Fsp3) is 0.190. The molecule has 1 amide bonds. The first kappa shape index (κ1) is 20.3. The van der Waals surface area contributed by atoms with E-state index in [0.717, 1.165) is 15.6 Å². The van der Waals surface area contributed by atoms with E-state index in [-0.39, 0.29) is 23.9 Å². The van der Waals surface area contributed by atoms with Gasteiger partial charge in [-0.3, -0.25) is 4.79 Å². The van der Waals surface area contributed by atoms with E-state index in [1.54, 1.807) is 29.2 Å². The highest BCUT2D eigenvalue weighted by atomic mass is 79.9. The van der Waals surface area contributed by atoms with Crippen molar-refractivity contribution in [3.05, 3.63) is 75.4 Å². The lowest BCUT2D eigenvalue weighted by atomic mass is 10.1. The van der Waals surface area contributed by atoms with Crippen molar-refractivity contribution in [2.24, 2.45) is 0 Å². The molecular formula is C21H19BrN2O3S2. The molecule has 2 aromatic carbocycles. The number of halogens is 1. The molecule has 0 aliphatic carbocycles. The van der Waals surface area contributed by atoms with Crippen LogP contribution in [0.4, 0.5) is 0 Å². The van der Waals surface area contributed by atoms with Gasteiger partial charge in [0, 0.05) is 36.2 Å². The Hall–Kier alpha value is -2.00. The first-order valence-electron chi connectivity index (χ1n) is 9.15. The maximum Gasteiger partial charge on any atom is 0.264 e. The monoisotopic (exact) mass is 490 g/mol. The van der Waals surface area contributed by atoms with Crippen molar-refractivity contribution in [2.45, 2.75) is 4.90 Å². The van der Waals surface area contributed by atoms with Gasteiger partial charge in [0.2, 0.25) is 10.0 Å². The Morgan fingerprint density at radius 3 is 2.21 bits per heavy atom. The van der Waals surface area contributed by atoms with E-state index in [1.807, 2.05) is 41.8 Å². The van der Waals surface area contributed by atoms with Gasteiger partial charge in [-0.05, 0) is 41.3 Å². The maximum atomic E-state index is 13.1. The van der Waals surface area contributed by atoms with Crippen molar-refractivity contribution in [1.29, 1.82) is 0 Å². The average molecular weight is 491 g/mol. The molecule has 5 nitrogen and oxygen atoms in total. The van der Waals surface area contributed by atoms with Gasteiger partial charge >= 0.3 is 0 Å². The summed E-state index contributed by atoms with van der Waals surface area (Å²) < 4.78 is 28.0. The van der Waals surface area contributed by atoms with E-state index in [2.05, 4.69) is 15.9 Å². The van der Waals surface area contributed by atoms with Gasteiger partial charge in [0.05, 0.1) is 9.77 Å². The minimum absolute atomic E-state index is 0.0421. The van der Waals surface area contributed by atoms with Crippen LogP contribution in [0.2, 0.25) is 0 Å². The van der Waals surface area contributed by atoms with E-state index < -0.39 is 10.0 Å². The minimum atomic E-state index is -3.56. The third-order valence-electron chi connectivity index (χ3n) is 4.92. The lowest BCUT2D eigenvalue weighted by Gasteiger charge is -2.34. The molecule has 150 valence electrons. The number of sulfonamides is 1. The van der Waals surface area contributed by atoms with Gasteiger partial charge in [0.15, 0.2) is 0 Å². The molecule has 1 fully saturated rings. The predicted octanol–water partition coefficient (Wildman–Crippen LogP) is 4.32. The number of rotatable bonds is 4. The smallest absolute Gasteiger partial charge is 0.264 e. The second-order valence-electron chi connectivity index (χ2n) is 6.68. The molecule has 29 heavy (non-hydrogen) atoms. The molecule has 0 spiro atoms. The van der Waals surface area contributed by atoms with Crippen molar-refractivity contribution in [1.82, 2.24) is 9.21 Å². The van der Waals surface area contributed by atoms with Crippen LogP contribution in [0.25, 0.3) is 11.1 Å². The Morgan fingerprint density at radius 2 is 1.55 bits per heavy atom. The number of hydrogen-bond donors (Lipinski definition) is 0. The van der Waals surface area contributed by atoms with Gasteiger partial charge in [-0.15, -0.1) is 11.3 Å². The molecule has 0 atom stereocenters. The summed E-state index contributed by atoms with van der Waals surface area (Å²) >= 11 is 4.75. The molecule has 1 aromatic heterocycles. The van der Waals surface area contributed by atoms with Crippen LogP contribution in [0.1, 0.15) is 9.67 Å². The molecule has 4 rings (SSSR count). The molecule has 0 radical (unpaired) electrons. The molecule has 1 saturated heterocycles. The van der Waals surface area contributed by atoms with Gasteiger partial charge in [-0.1, -0.05) is 46.3 Å². The number of amides is 1. The Bertz CT molecular complexity index is 1100. The summed E-state index contributed by atoms with van der Waals surface area (Å²) in [5.41, 5.74) is 1.93. The van der Waals surface area contributed by atoms with Crippen molar-refractivity contribution in [2.75, 3.05) is 26.2 Å². The second-order valence-corrected chi connectivity index (χ2v) is 10.4. The molecule has 0 bridgehead atoms. The highest BCUT2D eigenvalue weighted by molar-refractivity contribution is 9.10. The summed E-state index contributed by atoms with van der Waals surface area (Å²) in [5, 5.41) is 1.92. The number of nitrogens with zero attached hydrogens (tertiary/aromatic N) is 2. The van der Waals surface area contributed by atoms with Crippen LogP contribution in [0, 0.1) is 0 Å². The predicted molar refractivity (Wildman–Crippen MR) is 119 cm³/mol. The largest absolute Gasteiger partial charge is 0.335 e. The zero-order valence-corrected chi connectivity index (χ0v) is 18.7.